The average Bonchev–Trinajstić information content (AvgIpc) is 3.37. The lowest BCUT2D eigenvalue weighted by molar-refractivity contribution is 0.0309. The summed E-state index contributed by atoms with van der Waals surface area (Å²) in [6.07, 6.45) is 5.19. The third kappa shape index (κ3) is 4.03. The van der Waals surface area contributed by atoms with Crippen molar-refractivity contribution in [1.29, 1.82) is 0 Å². The van der Waals surface area contributed by atoms with Crippen LogP contribution in [0.3, 0.4) is 0 Å². The van der Waals surface area contributed by atoms with Gasteiger partial charge in [0.2, 0.25) is 11.7 Å². The molecule has 2 aliphatic rings. The van der Waals surface area contributed by atoms with E-state index in [1.807, 2.05) is 17.5 Å². The quantitative estimate of drug-likeness (QED) is 0.766. The molecule has 2 saturated heterocycles. The summed E-state index contributed by atoms with van der Waals surface area (Å²) in [5, 5.41) is 6.13. The van der Waals surface area contributed by atoms with Crippen molar-refractivity contribution < 1.29 is 14.0 Å². The highest BCUT2D eigenvalue weighted by Crippen LogP contribution is 2.23. The van der Waals surface area contributed by atoms with Gasteiger partial charge in [-0.05, 0) is 37.1 Å². The van der Waals surface area contributed by atoms with Gasteiger partial charge < -0.3 is 14.0 Å². The number of rotatable bonds is 7. The molecule has 130 valence electrons. The monoisotopic (exact) mass is 349 g/mol. The number of thiophene rings is 1. The topological polar surface area (TPSA) is 60.6 Å². The molecule has 0 bridgehead atoms. The largest absolute Gasteiger partial charge is 0.377 e. The molecule has 0 unspecified atom stereocenters. The maximum absolute atomic E-state index is 5.80. The summed E-state index contributed by atoms with van der Waals surface area (Å²) < 4.78 is 17.1. The minimum atomic E-state index is 0.311. The van der Waals surface area contributed by atoms with Gasteiger partial charge in [0.25, 0.3) is 0 Å². The van der Waals surface area contributed by atoms with Gasteiger partial charge in [-0.15, -0.1) is 11.3 Å². The molecule has 0 amide bonds. The number of hydrogen-bond acceptors (Lipinski definition) is 7. The predicted octanol–water partition coefficient (Wildman–Crippen LogP) is 2.96. The fourth-order valence-electron chi connectivity index (χ4n) is 3.37. The van der Waals surface area contributed by atoms with Crippen LogP contribution < -0.4 is 0 Å². The second kappa shape index (κ2) is 7.74. The first-order chi connectivity index (χ1) is 11.9. The lowest BCUT2D eigenvalue weighted by Crippen LogP contribution is -2.37. The Kier molecular flexibility index (Phi) is 5.22. The summed E-state index contributed by atoms with van der Waals surface area (Å²) in [7, 11) is 0. The summed E-state index contributed by atoms with van der Waals surface area (Å²) in [5.41, 5.74) is 0. The molecule has 0 radical (unpaired) electrons. The lowest BCUT2D eigenvalue weighted by atomic mass is 10.2. The van der Waals surface area contributed by atoms with Crippen molar-refractivity contribution in [3.05, 3.63) is 23.4 Å². The molecule has 0 saturated carbocycles. The Morgan fingerprint density at radius 2 is 1.88 bits per heavy atom. The fourth-order valence-corrected chi connectivity index (χ4v) is 4.02. The summed E-state index contributed by atoms with van der Waals surface area (Å²) in [4.78, 5) is 7.93. The third-order valence-electron chi connectivity index (χ3n) is 4.54. The van der Waals surface area contributed by atoms with E-state index in [1.54, 1.807) is 11.3 Å². The molecular formula is C17H23N3O3S. The molecule has 24 heavy (non-hydrogen) atoms. The highest BCUT2D eigenvalue weighted by molar-refractivity contribution is 7.13. The van der Waals surface area contributed by atoms with Crippen LogP contribution in [0, 0.1) is 0 Å². The van der Waals surface area contributed by atoms with E-state index in [0.29, 0.717) is 30.5 Å². The summed E-state index contributed by atoms with van der Waals surface area (Å²) in [5.74, 6) is 1.34. The van der Waals surface area contributed by atoms with Crippen LogP contribution in [-0.4, -0.2) is 53.6 Å². The molecule has 2 atom stereocenters. The Morgan fingerprint density at radius 3 is 2.46 bits per heavy atom. The first-order valence-electron chi connectivity index (χ1n) is 8.69. The normalized spacial score (nSPS) is 24.2. The van der Waals surface area contributed by atoms with Gasteiger partial charge in [-0.3, -0.25) is 4.90 Å². The van der Waals surface area contributed by atoms with Crippen molar-refractivity contribution in [3.8, 4) is 10.7 Å². The van der Waals surface area contributed by atoms with Crippen LogP contribution in [0.1, 0.15) is 31.6 Å². The van der Waals surface area contributed by atoms with E-state index in [0.717, 1.165) is 56.9 Å². The zero-order valence-electron chi connectivity index (χ0n) is 13.7. The minimum Gasteiger partial charge on any atom is -0.377 e. The second-order valence-electron chi connectivity index (χ2n) is 6.45. The maximum Gasteiger partial charge on any atom is 0.241 e. The van der Waals surface area contributed by atoms with Crippen molar-refractivity contribution >= 4 is 11.3 Å². The van der Waals surface area contributed by atoms with Gasteiger partial charge in [0.15, 0.2) is 0 Å². The second-order valence-corrected chi connectivity index (χ2v) is 7.40. The third-order valence-corrected chi connectivity index (χ3v) is 5.41. The standard InChI is InChI=1S/C17H23N3O3S/c1-4-13(21-7-1)10-20(11-14-5-2-8-22-14)12-16-18-17(19-23-16)15-6-3-9-24-15/h3,6,9,13-14H,1-2,4-5,7-8,10-12H2/t13-,14-/m0/s1. The van der Waals surface area contributed by atoms with Gasteiger partial charge in [0.05, 0.1) is 23.6 Å². The van der Waals surface area contributed by atoms with Crippen molar-refractivity contribution in [2.75, 3.05) is 26.3 Å². The average molecular weight is 349 g/mol. The Hall–Kier alpha value is -1.28. The molecule has 2 fully saturated rings. The van der Waals surface area contributed by atoms with E-state index in [1.165, 1.54) is 0 Å². The van der Waals surface area contributed by atoms with Gasteiger partial charge in [0.1, 0.15) is 0 Å². The highest BCUT2D eigenvalue weighted by atomic mass is 32.1. The van der Waals surface area contributed by atoms with Gasteiger partial charge in [-0.2, -0.15) is 4.98 Å². The molecule has 7 heteroatoms. The van der Waals surface area contributed by atoms with Gasteiger partial charge in [-0.25, -0.2) is 0 Å². The fraction of sp³-hybridized carbons (Fsp3) is 0.647. The van der Waals surface area contributed by atoms with Crippen LogP contribution >= 0.6 is 11.3 Å². The van der Waals surface area contributed by atoms with Crippen LogP contribution in [0.2, 0.25) is 0 Å². The summed E-state index contributed by atoms with van der Waals surface area (Å²) in [6.45, 7) is 4.20. The highest BCUT2D eigenvalue weighted by Gasteiger charge is 2.25. The number of hydrogen-bond donors (Lipinski definition) is 0. The van der Waals surface area contributed by atoms with E-state index in [9.17, 15) is 0 Å². The van der Waals surface area contributed by atoms with Crippen LogP contribution in [0.25, 0.3) is 10.7 Å². The van der Waals surface area contributed by atoms with Crippen molar-refractivity contribution in [2.45, 2.75) is 44.4 Å². The van der Waals surface area contributed by atoms with E-state index < -0.39 is 0 Å². The Balaban J connectivity index is 1.41. The first-order valence-corrected chi connectivity index (χ1v) is 9.57. The number of nitrogens with zero attached hydrogens (tertiary/aromatic N) is 3. The minimum absolute atomic E-state index is 0.311. The molecule has 0 N–H and O–H groups in total. The van der Waals surface area contributed by atoms with E-state index in [4.69, 9.17) is 14.0 Å². The van der Waals surface area contributed by atoms with Gasteiger partial charge >= 0.3 is 0 Å². The molecule has 4 rings (SSSR count). The molecular weight excluding hydrogens is 326 g/mol. The number of ether oxygens (including phenoxy) is 2. The molecule has 0 aliphatic carbocycles. The Bertz CT molecular complexity index is 601. The van der Waals surface area contributed by atoms with E-state index in [-0.39, 0.29) is 0 Å². The van der Waals surface area contributed by atoms with Crippen LogP contribution in [-0.2, 0) is 16.0 Å². The predicted molar refractivity (Wildman–Crippen MR) is 90.8 cm³/mol. The van der Waals surface area contributed by atoms with Crippen molar-refractivity contribution in [3.63, 3.8) is 0 Å². The van der Waals surface area contributed by atoms with Gasteiger partial charge in [0, 0.05) is 26.3 Å². The molecule has 2 aromatic heterocycles. The summed E-state index contributed by atoms with van der Waals surface area (Å²) >= 11 is 1.62. The maximum atomic E-state index is 5.80. The zero-order valence-corrected chi connectivity index (χ0v) is 14.5. The SMILES string of the molecule is c1csc(-c2noc(CN(C[C@@H]3CCCO3)C[C@@H]3CCCO3)n2)c1. The number of aromatic nitrogens is 2. The Labute approximate surface area is 145 Å². The van der Waals surface area contributed by atoms with Crippen LogP contribution in [0.15, 0.2) is 22.0 Å². The van der Waals surface area contributed by atoms with Crippen molar-refractivity contribution in [2.24, 2.45) is 0 Å². The molecule has 0 spiro atoms. The van der Waals surface area contributed by atoms with E-state index in [2.05, 4.69) is 15.0 Å². The molecule has 4 heterocycles. The zero-order chi connectivity index (χ0) is 16.2. The van der Waals surface area contributed by atoms with Gasteiger partial charge in [-0.1, -0.05) is 11.2 Å². The smallest absolute Gasteiger partial charge is 0.241 e. The van der Waals surface area contributed by atoms with E-state index >= 15 is 0 Å². The molecule has 0 aromatic carbocycles. The molecule has 6 nitrogen and oxygen atoms in total. The first kappa shape index (κ1) is 16.2. The van der Waals surface area contributed by atoms with Crippen molar-refractivity contribution in [1.82, 2.24) is 15.0 Å². The summed E-state index contributed by atoms with van der Waals surface area (Å²) in [6, 6.07) is 4.01. The lowest BCUT2D eigenvalue weighted by Gasteiger charge is -2.26. The van der Waals surface area contributed by atoms with Crippen LogP contribution in [0.5, 0.6) is 0 Å². The Morgan fingerprint density at radius 1 is 1.12 bits per heavy atom. The molecule has 2 aromatic rings. The molecule has 2 aliphatic heterocycles. The van der Waals surface area contributed by atoms with Crippen LogP contribution in [0.4, 0.5) is 0 Å².